The van der Waals surface area contributed by atoms with Gasteiger partial charge in [0.1, 0.15) is 6.04 Å². The Morgan fingerprint density at radius 3 is 2.29 bits per heavy atom. The van der Waals surface area contributed by atoms with Gasteiger partial charge in [-0.3, -0.25) is 9.69 Å². The Morgan fingerprint density at radius 1 is 1.50 bits per heavy atom. The van der Waals surface area contributed by atoms with Gasteiger partial charge in [-0.1, -0.05) is 27.7 Å². The molecule has 0 spiro atoms. The van der Waals surface area contributed by atoms with Gasteiger partial charge in [-0.15, -0.1) is 0 Å². The summed E-state index contributed by atoms with van der Waals surface area (Å²) in [5, 5.41) is 8.96. The molecule has 0 saturated carbocycles. The first-order chi connectivity index (χ1) is 6.36. The van der Waals surface area contributed by atoms with Crippen LogP contribution >= 0.6 is 0 Å². The molecule has 0 aliphatic carbocycles. The lowest BCUT2D eigenvalue weighted by Crippen LogP contribution is -2.58. The Balaban J connectivity index is 2.44. The van der Waals surface area contributed by atoms with E-state index in [1.807, 2.05) is 6.92 Å². The van der Waals surface area contributed by atoms with Crippen LogP contribution in [-0.4, -0.2) is 35.1 Å². The first-order valence-electron chi connectivity index (χ1n) is 5.33. The van der Waals surface area contributed by atoms with Gasteiger partial charge in [-0.25, -0.2) is 0 Å². The zero-order valence-corrected chi connectivity index (χ0v) is 9.58. The van der Waals surface area contributed by atoms with E-state index in [9.17, 15) is 4.79 Å². The second kappa shape index (κ2) is 3.89. The molecule has 1 fully saturated rings. The van der Waals surface area contributed by atoms with E-state index in [0.717, 1.165) is 13.1 Å². The quantitative estimate of drug-likeness (QED) is 0.754. The minimum atomic E-state index is -0.681. The maximum Gasteiger partial charge on any atom is 0.320 e. The Kier molecular flexibility index (Phi) is 3.20. The highest BCUT2D eigenvalue weighted by atomic mass is 16.4. The number of nitrogens with zero attached hydrogens (tertiary/aromatic N) is 1. The average molecular weight is 199 g/mol. The molecular formula is C11H21NO2. The first kappa shape index (κ1) is 11.5. The van der Waals surface area contributed by atoms with E-state index in [2.05, 4.69) is 25.7 Å². The maximum absolute atomic E-state index is 10.9. The molecule has 1 atom stereocenters. The molecule has 0 radical (unpaired) electrons. The number of rotatable bonds is 3. The van der Waals surface area contributed by atoms with Gasteiger partial charge in [0.2, 0.25) is 0 Å². The van der Waals surface area contributed by atoms with Gasteiger partial charge in [0.05, 0.1) is 0 Å². The number of carboxylic acids is 1. The van der Waals surface area contributed by atoms with Crippen LogP contribution in [0.25, 0.3) is 0 Å². The molecule has 0 aromatic rings. The molecule has 0 amide bonds. The van der Waals surface area contributed by atoms with Crippen LogP contribution in [0.3, 0.4) is 0 Å². The summed E-state index contributed by atoms with van der Waals surface area (Å²) in [7, 11) is 0. The van der Waals surface area contributed by atoms with Crippen LogP contribution in [-0.2, 0) is 4.79 Å². The van der Waals surface area contributed by atoms with E-state index in [-0.39, 0.29) is 6.04 Å². The summed E-state index contributed by atoms with van der Waals surface area (Å²) in [5.41, 5.74) is 0.313. The number of carboxylic acid groups (broad SMARTS) is 1. The van der Waals surface area contributed by atoms with Crippen molar-refractivity contribution < 1.29 is 9.90 Å². The van der Waals surface area contributed by atoms with Crippen LogP contribution in [0.2, 0.25) is 0 Å². The van der Waals surface area contributed by atoms with E-state index >= 15 is 0 Å². The predicted molar refractivity (Wildman–Crippen MR) is 56.2 cm³/mol. The summed E-state index contributed by atoms with van der Waals surface area (Å²) in [6.07, 6.45) is 0.701. The molecule has 1 heterocycles. The molecule has 1 unspecified atom stereocenters. The van der Waals surface area contributed by atoms with Crippen molar-refractivity contribution in [2.24, 2.45) is 11.3 Å². The van der Waals surface area contributed by atoms with Crippen molar-refractivity contribution in [2.45, 2.75) is 40.2 Å². The Labute approximate surface area is 86.1 Å². The zero-order chi connectivity index (χ0) is 10.9. The van der Waals surface area contributed by atoms with E-state index in [4.69, 9.17) is 5.11 Å². The highest BCUT2D eigenvalue weighted by Crippen LogP contribution is 2.34. The molecule has 1 aliphatic heterocycles. The number of hydrogen-bond donors (Lipinski definition) is 1. The third-order valence-corrected chi connectivity index (χ3v) is 3.25. The van der Waals surface area contributed by atoms with Crippen molar-refractivity contribution in [3.8, 4) is 0 Å². The third kappa shape index (κ3) is 2.27. The number of carbonyl (C=O) groups is 1. The molecule has 0 aromatic carbocycles. The van der Waals surface area contributed by atoms with Gasteiger partial charge < -0.3 is 5.11 Å². The topological polar surface area (TPSA) is 40.5 Å². The second-order valence-corrected chi connectivity index (χ2v) is 5.28. The van der Waals surface area contributed by atoms with E-state index in [1.165, 1.54) is 0 Å². The van der Waals surface area contributed by atoms with Gasteiger partial charge in [0.25, 0.3) is 0 Å². The minimum Gasteiger partial charge on any atom is -0.480 e. The van der Waals surface area contributed by atoms with Gasteiger partial charge in [0, 0.05) is 13.1 Å². The van der Waals surface area contributed by atoms with Gasteiger partial charge in [-0.2, -0.15) is 0 Å². The minimum absolute atomic E-state index is 0.270. The monoisotopic (exact) mass is 199 g/mol. The number of hydrogen-bond acceptors (Lipinski definition) is 2. The fraction of sp³-hybridized carbons (Fsp3) is 0.909. The van der Waals surface area contributed by atoms with E-state index in [1.54, 1.807) is 0 Å². The largest absolute Gasteiger partial charge is 0.480 e. The Bertz CT molecular complexity index is 214. The standard InChI is InChI=1S/C11H21NO2/c1-5-9(10(13)14)12-6-8(7-12)11(2,3)4/h8-9H,5-7H2,1-4H3,(H,13,14). The van der Waals surface area contributed by atoms with E-state index < -0.39 is 5.97 Å². The summed E-state index contributed by atoms with van der Waals surface area (Å²) in [6.45, 7) is 10.5. The van der Waals surface area contributed by atoms with Crippen LogP contribution in [0.5, 0.6) is 0 Å². The molecule has 14 heavy (non-hydrogen) atoms. The zero-order valence-electron chi connectivity index (χ0n) is 9.58. The summed E-state index contributed by atoms with van der Waals surface area (Å²) < 4.78 is 0. The second-order valence-electron chi connectivity index (χ2n) is 5.28. The summed E-state index contributed by atoms with van der Waals surface area (Å²) in [6, 6.07) is -0.270. The lowest BCUT2D eigenvalue weighted by Gasteiger charge is -2.48. The molecule has 0 bridgehead atoms. The van der Waals surface area contributed by atoms with Crippen molar-refractivity contribution in [1.29, 1.82) is 0 Å². The lowest BCUT2D eigenvalue weighted by molar-refractivity contribution is -0.148. The molecule has 0 aromatic heterocycles. The molecule has 1 N–H and O–H groups in total. The molecule has 3 heteroatoms. The average Bonchev–Trinajstić information content (AvgIpc) is 1.91. The summed E-state index contributed by atoms with van der Waals surface area (Å²) >= 11 is 0. The third-order valence-electron chi connectivity index (χ3n) is 3.25. The van der Waals surface area contributed by atoms with Crippen LogP contribution in [0.4, 0.5) is 0 Å². The fourth-order valence-electron chi connectivity index (χ4n) is 1.90. The molecule has 82 valence electrons. The van der Waals surface area contributed by atoms with E-state index in [0.29, 0.717) is 17.8 Å². The van der Waals surface area contributed by atoms with Gasteiger partial charge >= 0.3 is 5.97 Å². The van der Waals surface area contributed by atoms with Crippen LogP contribution in [0, 0.1) is 11.3 Å². The van der Waals surface area contributed by atoms with Crippen LogP contribution in [0.15, 0.2) is 0 Å². The fourth-order valence-corrected chi connectivity index (χ4v) is 1.90. The molecule has 1 aliphatic rings. The molecule has 1 rings (SSSR count). The van der Waals surface area contributed by atoms with Gasteiger partial charge in [-0.05, 0) is 17.8 Å². The first-order valence-corrected chi connectivity index (χ1v) is 5.33. The van der Waals surface area contributed by atoms with Crippen molar-refractivity contribution in [2.75, 3.05) is 13.1 Å². The molecule has 3 nitrogen and oxygen atoms in total. The highest BCUT2D eigenvalue weighted by Gasteiger charge is 2.40. The van der Waals surface area contributed by atoms with Crippen LogP contribution in [0.1, 0.15) is 34.1 Å². The van der Waals surface area contributed by atoms with Crippen molar-refractivity contribution >= 4 is 5.97 Å². The lowest BCUT2D eigenvalue weighted by atomic mass is 9.75. The SMILES string of the molecule is CCC(C(=O)O)N1CC(C(C)(C)C)C1. The predicted octanol–water partition coefficient (Wildman–Crippen LogP) is 1.83. The summed E-state index contributed by atoms with van der Waals surface area (Å²) in [5.74, 6) is -0.0317. The van der Waals surface area contributed by atoms with Crippen LogP contribution < -0.4 is 0 Å². The van der Waals surface area contributed by atoms with Crippen molar-refractivity contribution in [1.82, 2.24) is 4.90 Å². The Hall–Kier alpha value is -0.570. The normalized spacial score (nSPS) is 21.7. The number of likely N-dealkylation sites (tertiary alicyclic amines) is 1. The Morgan fingerprint density at radius 2 is 2.00 bits per heavy atom. The van der Waals surface area contributed by atoms with Crippen molar-refractivity contribution in [3.05, 3.63) is 0 Å². The summed E-state index contributed by atoms with van der Waals surface area (Å²) in [4.78, 5) is 12.9. The molecule has 1 saturated heterocycles. The highest BCUT2D eigenvalue weighted by molar-refractivity contribution is 5.73. The number of aliphatic carboxylic acids is 1. The smallest absolute Gasteiger partial charge is 0.320 e. The van der Waals surface area contributed by atoms with Gasteiger partial charge in [0.15, 0.2) is 0 Å². The molecular weight excluding hydrogens is 178 g/mol. The van der Waals surface area contributed by atoms with Crippen molar-refractivity contribution in [3.63, 3.8) is 0 Å². The maximum atomic E-state index is 10.9.